The summed E-state index contributed by atoms with van der Waals surface area (Å²) in [5.74, 6) is -0.267. The van der Waals surface area contributed by atoms with Gasteiger partial charge in [-0.25, -0.2) is 0 Å². The van der Waals surface area contributed by atoms with E-state index < -0.39 is 27.0 Å². The van der Waals surface area contributed by atoms with E-state index in [1.54, 1.807) is 13.8 Å². The number of rotatable bonds is 14. The highest BCUT2D eigenvalue weighted by atomic mass is 31.2. The summed E-state index contributed by atoms with van der Waals surface area (Å²) in [5, 5.41) is 0. The molecule has 0 aliphatic carbocycles. The van der Waals surface area contributed by atoms with Crippen LogP contribution in [0.3, 0.4) is 0 Å². The van der Waals surface area contributed by atoms with Gasteiger partial charge in [-0.1, -0.05) is 42.9 Å². The van der Waals surface area contributed by atoms with Gasteiger partial charge in [-0.05, 0) is 52.9 Å². The van der Waals surface area contributed by atoms with Crippen molar-refractivity contribution in [2.45, 2.75) is 60.0 Å². The highest BCUT2D eigenvalue weighted by Crippen LogP contribution is 2.58. The summed E-state index contributed by atoms with van der Waals surface area (Å²) in [6.07, 6.45) is 12.6. The molecule has 0 saturated heterocycles. The molecule has 158 valence electrons. The molecule has 2 atom stereocenters. The van der Waals surface area contributed by atoms with Crippen LogP contribution in [-0.2, 0) is 18.4 Å². The second kappa shape index (κ2) is 13.7. The zero-order chi connectivity index (χ0) is 20.9. The van der Waals surface area contributed by atoms with Crippen molar-refractivity contribution in [2.75, 3.05) is 18.9 Å². The lowest BCUT2D eigenvalue weighted by atomic mass is 10.0. The Bertz CT molecular complexity index is 585. The molecule has 0 aromatic carbocycles. The molecule has 0 rings (SSSR count). The van der Waals surface area contributed by atoms with E-state index in [1.807, 2.05) is 12.2 Å². The summed E-state index contributed by atoms with van der Waals surface area (Å²) in [4.78, 5) is 18.1. The maximum atomic E-state index is 12.5. The highest BCUT2D eigenvalue weighted by Gasteiger charge is 2.33. The molecule has 0 aromatic heterocycles. The fourth-order valence-electron chi connectivity index (χ4n) is 2.31. The first-order valence-corrected chi connectivity index (χ1v) is 13.1. The normalized spacial score (nSPS) is 16.1. The predicted octanol–water partition coefficient (Wildman–Crippen LogP) is 5.68. The Balaban J connectivity index is 4.13. The predicted molar refractivity (Wildman–Crippen MR) is 112 cm³/mol. The summed E-state index contributed by atoms with van der Waals surface area (Å²) >= 11 is 0. The molecule has 0 aliphatic rings. The van der Waals surface area contributed by atoms with E-state index >= 15 is 0 Å². The van der Waals surface area contributed by atoms with Crippen molar-refractivity contribution in [1.82, 2.24) is 0 Å². The number of hydrogen-bond donors (Lipinski definition) is 2. The molecule has 0 radical (unpaired) electrons. The number of allylic oxidation sites excluding steroid dienone is 5. The molecule has 0 amide bonds. The van der Waals surface area contributed by atoms with E-state index in [1.165, 1.54) is 5.57 Å². The van der Waals surface area contributed by atoms with Crippen molar-refractivity contribution in [1.29, 1.82) is 0 Å². The van der Waals surface area contributed by atoms with Gasteiger partial charge in [0.25, 0.3) is 0 Å². The first kappa shape index (κ1) is 26.5. The van der Waals surface area contributed by atoms with Crippen LogP contribution in [0.4, 0.5) is 0 Å². The maximum Gasteiger partial charge on any atom is 0.335 e. The molecule has 0 heterocycles. The molecule has 8 heteroatoms. The minimum absolute atomic E-state index is 0.239. The van der Waals surface area contributed by atoms with Crippen molar-refractivity contribution >= 4 is 15.0 Å². The van der Waals surface area contributed by atoms with Crippen molar-refractivity contribution in [2.24, 2.45) is 5.92 Å². The van der Waals surface area contributed by atoms with E-state index in [-0.39, 0.29) is 13.0 Å². The van der Waals surface area contributed by atoms with E-state index in [9.17, 15) is 9.13 Å². The molecule has 0 saturated carbocycles. The third-order valence-electron chi connectivity index (χ3n) is 3.37. The first-order valence-electron chi connectivity index (χ1n) is 9.29. The van der Waals surface area contributed by atoms with Gasteiger partial charge in [0.2, 0.25) is 7.37 Å². The highest BCUT2D eigenvalue weighted by molar-refractivity contribution is 7.73. The molecule has 6 nitrogen and oxygen atoms in total. The van der Waals surface area contributed by atoms with Crippen molar-refractivity contribution in [3.8, 4) is 0 Å². The van der Waals surface area contributed by atoms with Crippen LogP contribution in [0.1, 0.15) is 53.9 Å². The molecular formula is C19H36O6P2. The Kier molecular flexibility index (Phi) is 13.4. The molecule has 27 heavy (non-hydrogen) atoms. The van der Waals surface area contributed by atoms with E-state index in [0.29, 0.717) is 5.92 Å². The minimum Gasteiger partial charge on any atom is -0.367 e. The van der Waals surface area contributed by atoms with Crippen LogP contribution in [-0.4, -0.2) is 34.7 Å². The van der Waals surface area contributed by atoms with E-state index in [0.717, 1.165) is 19.3 Å². The third-order valence-corrected chi connectivity index (χ3v) is 7.95. The van der Waals surface area contributed by atoms with Gasteiger partial charge in [0.15, 0.2) is 0 Å². The number of hydrogen-bond acceptors (Lipinski definition) is 4. The van der Waals surface area contributed by atoms with Crippen molar-refractivity contribution in [3.63, 3.8) is 0 Å². The van der Waals surface area contributed by atoms with Crippen LogP contribution < -0.4 is 0 Å². The van der Waals surface area contributed by atoms with Crippen LogP contribution in [0.5, 0.6) is 0 Å². The van der Waals surface area contributed by atoms with Crippen LogP contribution in [0.25, 0.3) is 0 Å². The Labute approximate surface area is 164 Å². The molecule has 0 bridgehead atoms. The fraction of sp³-hybridized carbons (Fsp3) is 0.684. The van der Waals surface area contributed by atoms with Gasteiger partial charge in [-0.15, -0.1) is 0 Å². The molecule has 0 aliphatic heterocycles. The standard InChI is InChI=1S/C19H36O6P2/c1-17(2)11-10-13-19(5)12-8-6-7-9-14-24-15-26(20,25-18(3)4)16-27(21,22)23/h7,9-11,13,18-19H,6,8,12,14-16H2,1-5H3,(H2,21,22,23)/b9-7+,13-10+. The zero-order valence-corrected chi connectivity index (χ0v) is 19.0. The van der Waals surface area contributed by atoms with Gasteiger partial charge in [-0.3, -0.25) is 9.13 Å². The topological polar surface area (TPSA) is 93.1 Å². The van der Waals surface area contributed by atoms with Gasteiger partial charge < -0.3 is 19.0 Å². The molecule has 0 aromatic rings. The summed E-state index contributed by atoms with van der Waals surface area (Å²) in [5.41, 5.74) is 1.28. The molecular weight excluding hydrogens is 386 g/mol. The Morgan fingerprint density at radius 2 is 1.78 bits per heavy atom. The monoisotopic (exact) mass is 422 g/mol. The lowest BCUT2D eigenvalue weighted by Gasteiger charge is -2.21. The number of ether oxygens (including phenoxy) is 1. The maximum absolute atomic E-state index is 12.5. The Morgan fingerprint density at radius 3 is 2.33 bits per heavy atom. The second-order valence-corrected chi connectivity index (χ2v) is 11.8. The average molecular weight is 422 g/mol. The fourth-order valence-corrected chi connectivity index (χ4v) is 6.36. The molecule has 0 spiro atoms. The van der Waals surface area contributed by atoms with Crippen molar-refractivity contribution in [3.05, 3.63) is 36.0 Å². The summed E-state index contributed by atoms with van der Waals surface area (Å²) < 4.78 is 34.2. The van der Waals surface area contributed by atoms with Gasteiger partial charge in [-0.2, -0.15) is 0 Å². The van der Waals surface area contributed by atoms with Gasteiger partial charge in [0.05, 0.1) is 12.7 Å². The Hall–Kier alpha value is -0.480. The average Bonchev–Trinajstić information content (AvgIpc) is 2.46. The lowest BCUT2D eigenvalue weighted by Crippen LogP contribution is -2.09. The third kappa shape index (κ3) is 17.4. The SMILES string of the molecule is CC(C)=C/C=C/C(C)CCC/C=C/COCP(=O)(CP(=O)(O)O)OC(C)C. The van der Waals surface area contributed by atoms with E-state index in [4.69, 9.17) is 19.0 Å². The largest absolute Gasteiger partial charge is 0.367 e. The quantitative estimate of drug-likeness (QED) is 0.162. The summed E-state index contributed by atoms with van der Waals surface area (Å²) in [7, 11) is -7.95. The Morgan fingerprint density at radius 1 is 1.11 bits per heavy atom. The summed E-state index contributed by atoms with van der Waals surface area (Å²) in [6, 6.07) is 0. The second-order valence-electron chi connectivity index (χ2n) is 7.28. The first-order chi connectivity index (χ1) is 12.4. The minimum atomic E-state index is -4.43. The van der Waals surface area contributed by atoms with Gasteiger partial charge >= 0.3 is 7.60 Å². The van der Waals surface area contributed by atoms with Crippen LogP contribution in [0, 0.1) is 5.92 Å². The molecule has 0 fully saturated rings. The molecule has 2 unspecified atom stereocenters. The van der Waals surface area contributed by atoms with Gasteiger partial charge in [0.1, 0.15) is 12.3 Å². The summed E-state index contributed by atoms with van der Waals surface area (Å²) in [6.45, 7) is 9.91. The van der Waals surface area contributed by atoms with E-state index in [2.05, 4.69) is 39.0 Å². The zero-order valence-electron chi connectivity index (χ0n) is 17.2. The molecule has 2 N–H and O–H groups in total. The van der Waals surface area contributed by atoms with Crippen LogP contribution >= 0.6 is 15.0 Å². The van der Waals surface area contributed by atoms with Crippen LogP contribution in [0.2, 0.25) is 0 Å². The van der Waals surface area contributed by atoms with Gasteiger partial charge in [0, 0.05) is 0 Å². The number of unbranched alkanes of at least 4 members (excludes halogenated alkanes) is 1. The van der Waals surface area contributed by atoms with Crippen LogP contribution in [0.15, 0.2) is 36.0 Å². The lowest BCUT2D eigenvalue weighted by molar-refractivity contribution is 0.174. The smallest absolute Gasteiger partial charge is 0.335 e. The van der Waals surface area contributed by atoms with Crippen molar-refractivity contribution < 1.29 is 28.2 Å².